The fourth-order valence-electron chi connectivity index (χ4n) is 3.02. The molecule has 1 aromatic carbocycles. The van der Waals surface area contributed by atoms with Crippen LogP contribution in [-0.2, 0) is 27.2 Å². The van der Waals surface area contributed by atoms with Crippen LogP contribution in [0.2, 0.25) is 0 Å². The molecule has 1 heterocycles. The molecule has 1 unspecified atom stereocenters. The molecule has 1 aromatic rings. The first-order valence-corrected chi connectivity index (χ1v) is 7.57. The van der Waals surface area contributed by atoms with Crippen molar-refractivity contribution in [3.05, 3.63) is 35.4 Å². The maximum atomic E-state index is 11.5. The number of nitrogens with zero attached hydrogens (tertiary/aromatic N) is 1. The minimum Gasteiger partial charge on any atom is -0.469 e. The van der Waals surface area contributed by atoms with Gasteiger partial charge >= 0.3 is 5.97 Å². The maximum absolute atomic E-state index is 11.5. The van der Waals surface area contributed by atoms with Gasteiger partial charge in [-0.05, 0) is 36.4 Å². The molecule has 0 saturated carbocycles. The van der Waals surface area contributed by atoms with Crippen LogP contribution in [0.1, 0.15) is 24.0 Å². The van der Waals surface area contributed by atoms with Crippen LogP contribution in [-0.4, -0.2) is 44.8 Å². The summed E-state index contributed by atoms with van der Waals surface area (Å²) in [6.07, 6.45) is 2.81. The second kappa shape index (κ2) is 8.15. The molecule has 2 rings (SSSR count). The van der Waals surface area contributed by atoms with E-state index in [0.717, 1.165) is 31.8 Å². The number of carbonyl (C=O) groups is 1. The van der Waals surface area contributed by atoms with Crippen LogP contribution < -0.4 is 0 Å². The first-order chi connectivity index (χ1) is 10.2. The van der Waals surface area contributed by atoms with Crippen molar-refractivity contribution in [3.63, 3.8) is 0 Å². The van der Waals surface area contributed by atoms with E-state index in [2.05, 4.69) is 11.0 Å². The standard InChI is InChI=1S/C17H25NO3/c1-20-13-14-6-5-9-18(11-14)12-16-8-4-3-7-15(16)10-17(19)21-2/h3-4,7-8,14H,5-6,9-13H2,1-2H3. The fourth-order valence-corrected chi connectivity index (χ4v) is 3.02. The molecule has 116 valence electrons. The summed E-state index contributed by atoms with van der Waals surface area (Å²) in [4.78, 5) is 14.0. The van der Waals surface area contributed by atoms with Gasteiger partial charge in [0, 0.05) is 20.2 Å². The number of carbonyl (C=O) groups excluding carboxylic acids is 1. The van der Waals surface area contributed by atoms with E-state index >= 15 is 0 Å². The number of rotatable bonds is 6. The van der Waals surface area contributed by atoms with Gasteiger partial charge in [0.05, 0.1) is 20.1 Å². The lowest BCUT2D eigenvalue weighted by atomic mass is 9.97. The summed E-state index contributed by atoms with van der Waals surface area (Å²) in [5.74, 6) is 0.440. The Morgan fingerprint density at radius 2 is 2.05 bits per heavy atom. The Kier molecular flexibility index (Phi) is 6.21. The SMILES string of the molecule is COCC1CCCN(Cc2ccccc2CC(=O)OC)C1. The monoisotopic (exact) mass is 291 g/mol. The van der Waals surface area contributed by atoms with Gasteiger partial charge in [-0.15, -0.1) is 0 Å². The number of piperidine rings is 1. The molecule has 0 spiro atoms. The average molecular weight is 291 g/mol. The van der Waals surface area contributed by atoms with Crippen molar-refractivity contribution in [2.75, 3.05) is 33.9 Å². The number of hydrogen-bond acceptors (Lipinski definition) is 4. The van der Waals surface area contributed by atoms with Crippen molar-refractivity contribution in [2.45, 2.75) is 25.8 Å². The van der Waals surface area contributed by atoms with Gasteiger partial charge in [-0.25, -0.2) is 0 Å². The highest BCUT2D eigenvalue weighted by Crippen LogP contribution is 2.20. The molecule has 1 atom stereocenters. The lowest BCUT2D eigenvalue weighted by molar-refractivity contribution is -0.139. The Morgan fingerprint density at radius 3 is 2.76 bits per heavy atom. The molecular formula is C17H25NO3. The summed E-state index contributed by atoms with van der Waals surface area (Å²) in [7, 11) is 3.20. The molecule has 4 nitrogen and oxygen atoms in total. The van der Waals surface area contributed by atoms with E-state index in [4.69, 9.17) is 9.47 Å². The number of esters is 1. The van der Waals surface area contributed by atoms with E-state index in [1.807, 2.05) is 18.2 Å². The topological polar surface area (TPSA) is 38.8 Å². The van der Waals surface area contributed by atoms with Gasteiger partial charge in [0.2, 0.25) is 0 Å². The smallest absolute Gasteiger partial charge is 0.309 e. The maximum Gasteiger partial charge on any atom is 0.309 e. The minimum atomic E-state index is -0.182. The lowest BCUT2D eigenvalue weighted by Crippen LogP contribution is -2.36. The molecule has 21 heavy (non-hydrogen) atoms. The zero-order chi connectivity index (χ0) is 15.1. The molecule has 0 aliphatic carbocycles. The Morgan fingerprint density at radius 1 is 1.29 bits per heavy atom. The van der Waals surface area contributed by atoms with Gasteiger partial charge < -0.3 is 9.47 Å². The van der Waals surface area contributed by atoms with Crippen LogP contribution in [0, 0.1) is 5.92 Å². The van der Waals surface area contributed by atoms with E-state index in [1.165, 1.54) is 25.5 Å². The molecule has 1 aliphatic rings. The lowest BCUT2D eigenvalue weighted by Gasteiger charge is -2.32. The quantitative estimate of drug-likeness (QED) is 0.754. The van der Waals surface area contributed by atoms with Gasteiger partial charge in [0.1, 0.15) is 0 Å². The number of methoxy groups -OCH3 is 2. The van der Waals surface area contributed by atoms with Crippen LogP contribution in [0.25, 0.3) is 0 Å². The number of likely N-dealkylation sites (tertiary alicyclic amines) is 1. The first kappa shape index (κ1) is 16.0. The fraction of sp³-hybridized carbons (Fsp3) is 0.588. The number of benzene rings is 1. The van der Waals surface area contributed by atoms with Crippen molar-refractivity contribution < 1.29 is 14.3 Å². The highest BCUT2D eigenvalue weighted by Gasteiger charge is 2.20. The molecular weight excluding hydrogens is 266 g/mol. The molecule has 1 aliphatic heterocycles. The number of ether oxygens (including phenoxy) is 2. The highest BCUT2D eigenvalue weighted by atomic mass is 16.5. The van der Waals surface area contributed by atoms with E-state index < -0.39 is 0 Å². The predicted molar refractivity (Wildman–Crippen MR) is 82.0 cm³/mol. The molecule has 0 radical (unpaired) electrons. The van der Waals surface area contributed by atoms with Gasteiger partial charge in [0.25, 0.3) is 0 Å². The van der Waals surface area contributed by atoms with Gasteiger partial charge in [-0.1, -0.05) is 24.3 Å². The van der Waals surface area contributed by atoms with E-state index in [9.17, 15) is 4.79 Å². The van der Waals surface area contributed by atoms with E-state index in [-0.39, 0.29) is 5.97 Å². The van der Waals surface area contributed by atoms with Crippen molar-refractivity contribution in [3.8, 4) is 0 Å². The normalized spacial score (nSPS) is 19.4. The molecule has 4 heteroatoms. The van der Waals surface area contributed by atoms with Gasteiger partial charge in [-0.3, -0.25) is 9.69 Å². The van der Waals surface area contributed by atoms with Crippen LogP contribution in [0.15, 0.2) is 24.3 Å². The summed E-state index contributed by atoms with van der Waals surface area (Å²) in [6.45, 7) is 3.92. The third-order valence-corrected chi connectivity index (χ3v) is 4.08. The predicted octanol–water partition coefficient (Wildman–Crippen LogP) is 2.26. The van der Waals surface area contributed by atoms with Crippen molar-refractivity contribution >= 4 is 5.97 Å². The van der Waals surface area contributed by atoms with Crippen LogP contribution in [0.3, 0.4) is 0 Å². The van der Waals surface area contributed by atoms with Gasteiger partial charge in [0.15, 0.2) is 0 Å². The third kappa shape index (κ3) is 4.83. The summed E-state index contributed by atoms with van der Waals surface area (Å²) < 4.78 is 10.1. The van der Waals surface area contributed by atoms with Crippen molar-refractivity contribution in [1.82, 2.24) is 4.90 Å². The Labute approximate surface area is 127 Å². The summed E-state index contributed by atoms with van der Waals surface area (Å²) in [5.41, 5.74) is 2.29. The summed E-state index contributed by atoms with van der Waals surface area (Å²) in [6, 6.07) is 8.14. The second-order valence-corrected chi connectivity index (χ2v) is 5.72. The summed E-state index contributed by atoms with van der Waals surface area (Å²) in [5, 5.41) is 0. The van der Waals surface area contributed by atoms with Crippen LogP contribution in [0.4, 0.5) is 0 Å². The summed E-state index contributed by atoms with van der Waals surface area (Å²) >= 11 is 0. The molecule has 1 saturated heterocycles. The third-order valence-electron chi connectivity index (χ3n) is 4.08. The minimum absolute atomic E-state index is 0.182. The highest BCUT2D eigenvalue weighted by molar-refractivity contribution is 5.72. The zero-order valence-electron chi connectivity index (χ0n) is 13.0. The molecule has 0 amide bonds. The molecule has 0 aromatic heterocycles. The number of hydrogen-bond donors (Lipinski definition) is 0. The second-order valence-electron chi connectivity index (χ2n) is 5.72. The molecule has 0 bridgehead atoms. The average Bonchev–Trinajstić information content (AvgIpc) is 2.50. The Bertz CT molecular complexity index is 459. The molecule has 0 N–H and O–H groups in total. The van der Waals surface area contributed by atoms with Gasteiger partial charge in [-0.2, -0.15) is 0 Å². The van der Waals surface area contributed by atoms with Crippen LogP contribution in [0.5, 0.6) is 0 Å². The van der Waals surface area contributed by atoms with Crippen molar-refractivity contribution in [1.29, 1.82) is 0 Å². The van der Waals surface area contributed by atoms with Crippen molar-refractivity contribution in [2.24, 2.45) is 5.92 Å². The van der Waals surface area contributed by atoms with E-state index in [1.54, 1.807) is 7.11 Å². The Hall–Kier alpha value is -1.39. The van der Waals surface area contributed by atoms with E-state index in [0.29, 0.717) is 12.3 Å². The zero-order valence-corrected chi connectivity index (χ0v) is 13.0. The Balaban J connectivity index is 2.00. The first-order valence-electron chi connectivity index (χ1n) is 7.57. The molecule has 1 fully saturated rings. The largest absolute Gasteiger partial charge is 0.469 e. The van der Waals surface area contributed by atoms with Crippen LogP contribution >= 0.6 is 0 Å².